The molecular weight excluding hydrogens is 386 g/mol. The Morgan fingerprint density at radius 1 is 1.27 bits per heavy atom. The first kappa shape index (κ1) is 21.7. The Morgan fingerprint density at radius 3 is 2.57 bits per heavy atom. The number of hydrogen-bond donors (Lipinski definition) is 4. The van der Waals surface area contributed by atoms with Gasteiger partial charge in [-0.1, -0.05) is 0 Å². The monoisotopic (exact) mass is 417 g/mol. The van der Waals surface area contributed by atoms with E-state index in [9.17, 15) is 4.79 Å². The molecule has 2 aromatic rings. The Labute approximate surface area is 176 Å². The van der Waals surface area contributed by atoms with Crippen molar-refractivity contribution in [3.05, 3.63) is 24.2 Å². The Hall–Kier alpha value is -3.04. The SMILES string of the molecule is CN=C(NCc1nc(-c2ccco2)n[nH]1)NC1CCC(NC(=O)OC(C)(C)C)CC1. The zero-order valence-electron chi connectivity index (χ0n) is 18.0. The van der Waals surface area contributed by atoms with Crippen LogP contribution in [0.1, 0.15) is 52.3 Å². The number of H-pyrrole nitrogens is 1. The van der Waals surface area contributed by atoms with Gasteiger partial charge in [-0.05, 0) is 58.6 Å². The van der Waals surface area contributed by atoms with Crippen LogP contribution in [0.25, 0.3) is 11.6 Å². The predicted molar refractivity (Wildman–Crippen MR) is 113 cm³/mol. The molecule has 0 unspecified atom stereocenters. The van der Waals surface area contributed by atoms with Crippen LogP contribution in [0.5, 0.6) is 0 Å². The van der Waals surface area contributed by atoms with Gasteiger partial charge in [-0.2, -0.15) is 0 Å². The van der Waals surface area contributed by atoms with E-state index in [4.69, 9.17) is 9.15 Å². The number of amides is 1. The van der Waals surface area contributed by atoms with Crippen molar-refractivity contribution < 1.29 is 13.9 Å². The van der Waals surface area contributed by atoms with Gasteiger partial charge in [0.1, 0.15) is 11.4 Å². The molecule has 10 nitrogen and oxygen atoms in total. The Kier molecular flexibility index (Phi) is 6.96. The third-order valence-corrected chi connectivity index (χ3v) is 4.71. The molecular formula is C20H31N7O3. The van der Waals surface area contributed by atoms with Crippen molar-refractivity contribution in [2.75, 3.05) is 7.05 Å². The number of rotatable bonds is 5. The number of ether oxygens (including phenoxy) is 1. The summed E-state index contributed by atoms with van der Waals surface area (Å²) in [5, 5.41) is 16.7. The van der Waals surface area contributed by atoms with Crippen LogP contribution in [0, 0.1) is 0 Å². The lowest BCUT2D eigenvalue weighted by Gasteiger charge is -2.31. The molecule has 0 radical (unpaired) electrons. The lowest BCUT2D eigenvalue weighted by Crippen LogP contribution is -2.48. The zero-order valence-corrected chi connectivity index (χ0v) is 18.0. The Balaban J connectivity index is 1.40. The van der Waals surface area contributed by atoms with Gasteiger partial charge in [0, 0.05) is 19.1 Å². The fourth-order valence-electron chi connectivity index (χ4n) is 3.30. The Morgan fingerprint density at radius 2 is 1.97 bits per heavy atom. The summed E-state index contributed by atoms with van der Waals surface area (Å²) in [4.78, 5) is 20.6. The summed E-state index contributed by atoms with van der Waals surface area (Å²) in [6.07, 6.45) is 4.90. The molecule has 0 atom stereocenters. The van der Waals surface area contributed by atoms with Crippen LogP contribution in [0.2, 0.25) is 0 Å². The molecule has 2 aromatic heterocycles. The van der Waals surface area contributed by atoms with Gasteiger partial charge < -0.3 is 25.1 Å². The highest BCUT2D eigenvalue weighted by Gasteiger charge is 2.25. The molecule has 0 spiro atoms. The van der Waals surface area contributed by atoms with Crippen LogP contribution in [0.3, 0.4) is 0 Å². The second-order valence-electron chi connectivity index (χ2n) is 8.35. The van der Waals surface area contributed by atoms with E-state index in [0.29, 0.717) is 36.0 Å². The highest BCUT2D eigenvalue weighted by Crippen LogP contribution is 2.19. The summed E-state index contributed by atoms with van der Waals surface area (Å²) < 4.78 is 10.6. The fourth-order valence-corrected chi connectivity index (χ4v) is 3.30. The number of nitrogens with one attached hydrogen (secondary N) is 4. The van der Waals surface area contributed by atoms with Crippen molar-refractivity contribution >= 4 is 12.1 Å². The van der Waals surface area contributed by atoms with Gasteiger partial charge in [0.25, 0.3) is 0 Å². The first-order valence-electron chi connectivity index (χ1n) is 10.2. The van der Waals surface area contributed by atoms with Crippen LogP contribution in [-0.2, 0) is 11.3 Å². The first-order valence-corrected chi connectivity index (χ1v) is 10.2. The first-order chi connectivity index (χ1) is 14.3. The van der Waals surface area contributed by atoms with Crippen LogP contribution >= 0.6 is 0 Å². The van der Waals surface area contributed by atoms with Crippen molar-refractivity contribution in [1.82, 2.24) is 31.1 Å². The molecule has 0 saturated heterocycles. The number of furan rings is 1. The van der Waals surface area contributed by atoms with Crippen LogP contribution in [-0.4, -0.2) is 52.0 Å². The molecule has 30 heavy (non-hydrogen) atoms. The molecule has 2 heterocycles. The number of nitrogens with zero attached hydrogens (tertiary/aromatic N) is 3. The summed E-state index contributed by atoms with van der Waals surface area (Å²) in [5.74, 6) is 2.54. The summed E-state index contributed by atoms with van der Waals surface area (Å²) in [6.45, 7) is 6.05. The van der Waals surface area contributed by atoms with Crippen molar-refractivity contribution in [1.29, 1.82) is 0 Å². The molecule has 1 fully saturated rings. The van der Waals surface area contributed by atoms with Crippen molar-refractivity contribution in [2.24, 2.45) is 4.99 Å². The molecule has 1 aliphatic rings. The molecule has 1 aliphatic carbocycles. The molecule has 164 valence electrons. The van der Waals surface area contributed by atoms with Crippen LogP contribution in [0.4, 0.5) is 4.79 Å². The van der Waals surface area contributed by atoms with Gasteiger partial charge in [-0.15, -0.1) is 5.10 Å². The highest BCUT2D eigenvalue weighted by atomic mass is 16.6. The van der Waals surface area contributed by atoms with E-state index >= 15 is 0 Å². The number of guanidine groups is 1. The molecule has 1 amide bonds. The van der Waals surface area contributed by atoms with Gasteiger partial charge in [0.05, 0.1) is 12.8 Å². The summed E-state index contributed by atoms with van der Waals surface area (Å²) in [7, 11) is 1.74. The minimum absolute atomic E-state index is 0.141. The average molecular weight is 418 g/mol. The summed E-state index contributed by atoms with van der Waals surface area (Å²) in [6, 6.07) is 4.05. The summed E-state index contributed by atoms with van der Waals surface area (Å²) >= 11 is 0. The van der Waals surface area contributed by atoms with Gasteiger partial charge in [-0.25, -0.2) is 9.78 Å². The van der Waals surface area contributed by atoms with Crippen LogP contribution in [0.15, 0.2) is 27.8 Å². The Bertz CT molecular complexity index is 831. The maximum Gasteiger partial charge on any atom is 0.407 e. The third-order valence-electron chi connectivity index (χ3n) is 4.71. The van der Waals surface area contributed by atoms with Crippen LogP contribution < -0.4 is 16.0 Å². The van der Waals surface area contributed by atoms with Crippen molar-refractivity contribution in [2.45, 2.75) is 70.7 Å². The number of aromatic amines is 1. The van der Waals surface area contributed by atoms with Crippen molar-refractivity contribution in [3.63, 3.8) is 0 Å². The largest absolute Gasteiger partial charge is 0.461 e. The van der Waals surface area contributed by atoms with E-state index < -0.39 is 5.60 Å². The van der Waals surface area contributed by atoms with Gasteiger partial charge >= 0.3 is 6.09 Å². The molecule has 3 rings (SSSR count). The minimum atomic E-state index is -0.483. The second kappa shape index (κ2) is 9.64. The fraction of sp³-hybridized carbons (Fsp3) is 0.600. The lowest BCUT2D eigenvalue weighted by molar-refractivity contribution is 0.0490. The van der Waals surface area contributed by atoms with Gasteiger partial charge in [-0.3, -0.25) is 10.1 Å². The molecule has 0 aromatic carbocycles. The topological polar surface area (TPSA) is 129 Å². The highest BCUT2D eigenvalue weighted by molar-refractivity contribution is 5.79. The zero-order chi connectivity index (χ0) is 21.6. The maximum atomic E-state index is 11.9. The van der Waals surface area contributed by atoms with E-state index in [1.54, 1.807) is 19.4 Å². The molecule has 10 heteroatoms. The normalized spacial score (nSPS) is 19.9. The quantitative estimate of drug-likeness (QED) is 0.434. The lowest BCUT2D eigenvalue weighted by atomic mass is 9.91. The molecule has 0 bridgehead atoms. The number of carbonyl (C=O) groups excluding carboxylic acids is 1. The van der Waals surface area contributed by atoms with Gasteiger partial charge in [0.15, 0.2) is 11.7 Å². The number of alkyl carbamates (subject to hydrolysis) is 1. The van der Waals surface area contributed by atoms with E-state index in [-0.39, 0.29) is 12.1 Å². The van der Waals surface area contributed by atoms with Crippen molar-refractivity contribution in [3.8, 4) is 11.6 Å². The van der Waals surface area contributed by atoms with Gasteiger partial charge in [0.2, 0.25) is 5.82 Å². The average Bonchev–Trinajstić information content (AvgIpc) is 3.36. The maximum absolute atomic E-state index is 11.9. The smallest absolute Gasteiger partial charge is 0.407 e. The minimum Gasteiger partial charge on any atom is -0.461 e. The number of aromatic nitrogens is 3. The van der Waals surface area contributed by atoms with E-state index in [1.807, 2.05) is 26.8 Å². The number of carbonyl (C=O) groups is 1. The van der Waals surface area contributed by atoms with E-state index in [1.165, 1.54) is 0 Å². The number of aliphatic imine (C=N–C) groups is 1. The second-order valence-corrected chi connectivity index (χ2v) is 8.35. The molecule has 0 aliphatic heterocycles. The third kappa shape index (κ3) is 6.50. The summed E-state index contributed by atoms with van der Waals surface area (Å²) in [5.41, 5.74) is -0.483. The van der Waals surface area contributed by atoms with E-state index in [0.717, 1.165) is 25.7 Å². The standard InChI is InChI=1S/C20H31N7O3/c1-20(2,3)30-19(28)24-14-9-7-13(8-10-14)23-18(21-4)22-12-16-25-17(27-26-16)15-6-5-11-29-15/h5-6,11,13-14H,7-10,12H2,1-4H3,(H,24,28)(H2,21,22,23)(H,25,26,27). The molecule has 4 N–H and O–H groups in total. The predicted octanol–water partition coefficient (Wildman–Crippen LogP) is 2.57. The molecule has 1 saturated carbocycles. The van der Waals surface area contributed by atoms with E-state index in [2.05, 4.69) is 36.1 Å². The number of hydrogen-bond acceptors (Lipinski definition) is 6.